The summed E-state index contributed by atoms with van der Waals surface area (Å²) in [5.41, 5.74) is -0.268. The molecular formula is C14H11ClFIN6O3S. The number of nitrogens with zero attached hydrogens (tertiary/aromatic N) is 4. The Bertz CT molecular complexity index is 1210. The van der Waals surface area contributed by atoms with Crippen molar-refractivity contribution in [2.45, 2.75) is 4.90 Å². The summed E-state index contributed by atoms with van der Waals surface area (Å²) >= 11 is 8.25. The highest BCUT2D eigenvalue weighted by atomic mass is 127. The Morgan fingerprint density at radius 3 is 2.48 bits per heavy atom. The second kappa shape index (κ2) is 7.18. The molecule has 142 valence electrons. The van der Waals surface area contributed by atoms with Gasteiger partial charge in [0.25, 0.3) is 0 Å². The summed E-state index contributed by atoms with van der Waals surface area (Å²) in [6.45, 7) is 0. The van der Waals surface area contributed by atoms with Gasteiger partial charge in [-0.1, -0.05) is 11.6 Å². The van der Waals surface area contributed by atoms with Gasteiger partial charge in [0.05, 0.1) is 22.1 Å². The van der Waals surface area contributed by atoms with Gasteiger partial charge in [-0.3, -0.25) is 0 Å². The first-order valence-corrected chi connectivity index (χ1v) is 10.2. The summed E-state index contributed by atoms with van der Waals surface area (Å²) in [4.78, 5) is 11.4. The number of primary sulfonamides is 1. The van der Waals surface area contributed by atoms with Crippen LogP contribution in [0.25, 0.3) is 5.69 Å². The molecule has 9 nitrogen and oxygen atoms in total. The number of halogens is 3. The molecule has 0 saturated heterocycles. The number of benzene rings is 2. The number of sulfonamides is 1. The van der Waals surface area contributed by atoms with Crippen LogP contribution in [0, 0.1) is 9.39 Å². The summed E-state index contributed by atoms with van der Waals surface area (Å²) in [5, 5.41) is 15.5. The van der Waals surface area contributed by atoms with Gasteiger partial charge in [-0.15, -0.1) is 0 Å². The Morgan fingerprint density at radius 1 is 1.22 bits per heavy atom. The SMILES string of the molecule is Cn1nnn(-c2cc(S(N)(=O)=O)c(F)cc2Nc2ccc(I)cc2Cl)c1=O. The topological polar surface area (TPSA) is 125 Å². The van der Waals surface area contributed by atoms with Crippen molar-refractivity contribution in [3.8, 4) is 5.69 Å². The molecule has 0 fully saturated rings. The van der Waals surface area contributed by atoms with E-state index in [1.54, 1.807) is 18.2 Å². The Morgan fingerprint density at radius 2 is 1.93 bits per heavy atom. The highest BCUT2D eigenvalue weighted by Crippen LogP contribution is 2.32. The van der Waals surface area contributed by atoms with Crippen LogP contribution in [-0.4, -0.2) is 28.2 Å². The maximum absolute atomic E-state index is 14.4. The number of aryl methyl sites for hydroxylation is 1. The molecule has 0 bridgehead atoms. The Hall–Kier alpha value is -2.03. The van der Waals surface area contributed by atoms with Gasteiger partial charge in [0.2, 0.25) is 10.0 Å². The third-order valence-electron chi connectivity index (χ3n) is 3.51. The smallest absolute Gasteiger partial charge is 0.352 e. The van der Waals surface area contributed by atoms with Crippen molar-refractivity contribution >= 4 is 55.6 Å². The summed E-state index contributed by atoms with van der Waals surface area (Å²) in [6, 6.07) is 6.89. The number of hydrogen-bond donors (Lipinski definition) is 2. The van der Waals surface area contributed by atoms with Gasteiger partial charge in [-0.05, 0) is 57.3 Å². The fourth-order valence-corrected chi connectivity index (χ4v) is 3.75. The van der Waals surface area contributed by atoms with Crippen molar-refractivity contribution < 1.29 is 12.8 Å². The summed E-state index contributed by atoms with van der Waals surface area (Å²) in [6.07, 6.45) is 0. The molecule has 0 spiro atoms. The Kier molecular flexibility index (Phi) is 5.24. The zero-order chi connectivity index (χ0) is 19.9. The highest BCUT2D eigenvalue weighted by Gasteiger charge is 2.21. The van der Waals surface area contributed by atoms with E-state index in [0.29, 0.717) is 10.7 Å². The fraction of sp³-hybridized carbons (Fsp3) is 0.0714. The highest BCUT2D eigenvalue weighted by molar-refractivity contribution is 14.1. The van der Waals surface area contributed by atoms with Crippen molar-refractivity contribution in [2.24, 2.45) is 12.2 Å². The van der Waals surface area contributed by atoms with Crippen LogP contribution in [0.2, 0.25) is 5.02 Å². The average Bonchev–Trinajstić information content (AvgIpc) is 2.89. The molecule has 27 heavy (non-hydrogen) atoms. The molecule has 0 amide bonds. The third kappa shape index (κ3) is 3.97. The zero-order valence-electron chi connectivity index (χ0n) is 13.5. The molecule has 0 radical (unpaired) electrons. The standard InChI is InChI=1S/C14H11ClFIN6O3S/c1-22-14(24)23(21-20-22)12-6-13(27(18,25)26)9(16)5-11(12)19-10-3-2-7(17)4-8(10)15/h2-6,19H,1H3,(H2,18,25,26). The van der Waals surface area contributed by atoms with Crippen LogP contribution in [0.1, 0.15) is 0 Å². The molecule has 0 saturated carbocycles. The fourth-order valence-electron chi connectivity index (χ4n) is 2.24. The second-order valence-corrected chi connectivity index (χ2v) is 8.57. The van der Waals surface area contributed by atoms with Crippen molar-refractivity contribution in [2.75, 3.05) is 5.32 Å². The Labute approximate surface area is 171 Å². The lowest BCUT2D eigenvalue weighted by molar-refractivity contribution is 0.567. The number of aromatic nitrogens is 4. The number of nitrogens with one attached hydrogen (secondary N) is 1. The van der Waals surface area contributed by atoms with E-state index in [2.05, 4.69) is 38.3 Å². The maximum Gasteiger partial charge on any atom is 0.368 e. The van der Waals surface area contributed by atoms with Gasteiger partial charge in [0.15, 0.2) is 0 Å². The molecular weight excluding hydrogens is 514 g/mol. The van der Waals surface area contributed by atoms with Gasteiger partial charge in [0, 0.05) is 16.7 Å². The third-order valence-corrected chi connectivity index (χ3v) is 5.42. The molecule has 1 aromatic heterocycles. The molecule has 13 heteroatoms. The average molecular weight is 525 g/mol. The first-order chi connectivity index (χ1) is 12.6. The normalized spacial score (nSPS) is 11.6. The van der Waals surface area contributed by atoms with Crippen LogP contribution < -0.4 is 16.1 Å². The first kappa shape index (κ1) is 19.7. The largest absolute Gasteiger partial charge is 0.368 e. The number of nitrogens with two attached hydrogens (primary N) is 1. The second-order valence-electron chi connectivity index (χ2n) is 5.39. The molecule has 3 N–H and O–H groups in total. The summed E-state index contributed by atoms with van der Waals surface area (Å²) in [5.74, 6) is -1.10. The van der Waals surface area contributed by atoms with Crippen molar-refractivity contribution in [1.82, 2.24) is 19.8 Å². The van der Waals surface area contributed by atoms with E-state index in [1.807, 2.05) is 0 Å². The minimum Gasteiger partial charge on any atom is -0.352 e. The minimum absolute atomic E-state index is 0.0469. The van der Waals surface area contributed by atoms with Crippen molar-refractivity contribution in [3.63, 3.8) is 0 Å². The number of rotatable bonds is 4. The molecule has 0 unspecified atom stereocenters. The lowest BCUT2D eigenvalue weighted by Gasteiger charge is -2.14. The zero-order valence-corrected chi connectivity index (χ0v) is 17.2. The summed E-state index contributed by atoms with van der Waals surface area (Å²) in [7, 11) is -3.01. The lowest BCUT2D eigenvalue weighted by Crippen LogP contribution is -2.23. The van der Waals surface area contributed by atoms with E-state index in [0.717, 1.165) is 25.1 Å². The number of hydrogen-bond acceptors (Lipinski definition) is 6. The summed E-state index contributed by atoms with van der Waals surface area (Å²) < 4.78 is 40.3. The monoisotopic (exact) mass is 524 g/mol. The van der Waals surface area contributed by atoms with Crippen LogP contribution in [0.3, 0.4) is 0 Å². The van der Waals surface area contributed by atoms with Crippen LogP contribution in [0.4, 0.5) is 15.8 Å². The predicted octanol–water partition coefficient (Wildman–Crippen LogP) is 1.75. The lowest BCUT2D eigenvalue weighted by atomic mass is 10.2. The van der Waals surface area contributed by atoms with Gasteiger partial charge in [-0.2, -0.15) is 9.36 Å². The molecule has 0 aliphatic carbocycles. The van der Waals surface area contributed by atoms with E-state index < -0.39 is 26.4 Å². The van der Waals surface area contributed by atoms with E-state index in [1.165, 1.54) is 7.05 Å². The first-order valence-electron chi connectivity index (χ1n) is 7.15. The number of anilines is 2. The molecule has 2 aromatic carbocycles. The van der Waals surface area contributed by atoms with Crippen LogP contribution in [-0.2, 0) is 17.1 Å². The molecule has 0 atom stereocenters. The van der Waals surface area contributed by atoms with Gasteiger partial charge in [0.1, 0.15) is 10.7 Å². The van der Waals surface area contributed by atoms with Crippen LogP contribution in [0.5, 0.6) is 0 Å². The van der Waals surface area contributed by atoms with Crippen LogP contribution in [0.15, 0.2) is 40.0 Å². The molecule has 3 rings (SSSR count). The molecule has 3 aromatic rings. The van der Waals surface area contributed by atoms with E-state index in [9.17, 15) is 17.6 Å². The molecule has 1 heterocycles. The number of tetrazole rings is 1. The van der Waals surface area contributed by atoms with Crippen molar-refractivity contribution in [3.05, 3.63) is 55.2 Å². The van der Waals surface area contributed by atoms with Gasteiger partial charge < -0.3 is 5.32 Å². The van der Waals surface area contributed by atoms with Crippen molar-refractivity contribution in [1.29, 1.82) is 0 Å². The Balaban J connectivity index is 2.25. The van der Waals surface area contributed by atoms with Gasteiger partial charge >= 0.3 is 5.69 Å². The molecule has 0 aliphatic heterocycles. The minimum atomic E-state index is -4.37. The van der Waals surface area contributed by atoms with E-state index in [4.69, 9.17) is 16.7 Å². The van der Waals surface area contributed by atoms with Crippen LogP contribution >= 0.6 is 34.2 Å². The predicted molar refractivity (Wildman–Crippen MR) is 105 cm³/mol. The molecule has 0 aliphatic rings. The quantitative estimate of drug-likeness (QED) is 0.501. The van der Waals surface area contributed by atoms with E-state index in [-0.39, 0.29) is 11.4 Å². The van der Waals surface area contributed by atoms with E-state index >= 15 is 0 Å². The maximum atomic E-state index is 14.4. The van der Waals surface area contributed by atoms with Gasteiger partial charge in [-0.25, -0.2) is 22.7 Å².